The molecular formula is C16F34Se2. The van der Waals surface area contributed by atoms with E-state index in [9.17, 15) is 149 Å². The Balaban J connectivity index is 7.05. The Labute approximate surface area is 269 Å². The molecule has 0 nitrogen and oxygen atoms in total. The van der Waals surface area contributed by atoms with E-state index in [0.717, 1.165) is 0 Å². The van der Waals surface area contributed by atoms with E-state index in [1.165, 1.54) is 0 Å². The molecule has 0 aliphatic rings. The molecule has 0 amide bonds. The molecule has 0 bridgehead atoms. The van der Waals surface area contributed by atoms with Gasteiger partial charge in [-0.2, -0.15) is 0 Å². The summed E-state index contributed by atoms with van der Waals surface area (Å²) >= 11 is -11.2. The van der Waals surface area contributed by atoms with Gasteiger partial charge in [0.05, 0.1) is 0 Å². The van der Waals surface area contributed by atoms with Crippen LogP contribution in [0.25, 0.3) is 0 Å². The van der Waals surface area contributed by atoms with E-state index in [1.54, 1.807) is 0 Å². The van der Waals surface area contributed by atoms with E-state index < -0.39 is 119 Å². The van der Waals surface area contributed by atoms with E-state index in [-0.39, 0.29) is 0 Å². The molecule has 0 saturated carbocycles. The van der Waals surface area contributed by atoms with Crippen LogP contribution in [0.4, 0.5) is 149 Å². The molecule has 0 spiro atoms. The molecule has 0 aliphatic carbocycles. The summed E-state index contributed by atoms with van der Waals surface area (Å²) in [6.07, 6.45) is -16.4. The fourth-order valence-corrected chi connectivity index (χ4v) is 8.49. The van der Waals surface area contributed by atoms with Gasteiger partial charge in [0.2, 0.25) is 0 Å². The second-order valence-corrected chi connectivity index (χ2v) is 15.6. The summed E-state index contributed by atoms with van der Waals surface area (Å²) < 4.78 is 448. The quantitative estimate of drug-likeness (QED) is 0.113. The first-order valence-corrected chi connectivity index (χ1v) is 16.5. The van der Waals surface area contributed by atoms with Gasteiger partial charge in [0.15, 0.2) is 0 Å². The Morgan fingerprint density at radius 1 is 0.154 bits per heavy atom. The molecule has 314 valence electrons. The first-order valence-electron chi connectivity index (χ1n) is 10.5. The van der Waals surface area contributed by atoms with Crippen LogP contribution in [0, 0.1) is 0 Å². The third-order valence-electron chi connectivity index (χ3n) is 5.64. The Bertz CT molecular complexity index is 1180. The molecule has 0 heterocycles. The standard InChI is InChI=1S/C16F34Se2/c17-1(18,5(25,26)9(33,34)13(41,42)43)3(21,22)7(29,30)11(37,38)15(47,48)51-52-16(49,50)12(39,40)8(31,32)4(23,24)2(19,20)6(27,28)10(35,36)14(44,45)46. The predicted molar refractivity (Wildman–Crippen MR) is 92.9 cm³/mol. The molecule has 0 aromatic rings. The maximum absolute atomic E-state index is 13.8. The minimum atomic E-state index is -9.41. The summed E-state index contributed by atoms with van der Waals surface area (Å²) in [6.45, 7) is 0. The number of hydrogen-bond donors (Lipinski definition) is 0. The van der Waals surface area contributed by atoms with Crippen molar-refractivity contribution in [1.82, 2.24) is 0 Å². The van der Waals surface area contributed by atoms with Crippen LogP contribution in [0.15, 0.2) is 0 Å². The zero-order valence-corrected chi connectivity index (χ0v) is 25.1. The van der Waals surface area contributed by atoms with Gasteiger partial charge >= 0.3 is 269 Å². The van der Waals surface area contributed by atoms with Crippen molar-refractivity contribution in [3.8, 4) is 0 Å². The zero-order valence-electron chi connectivity index (χ0n) is 21.7. The van der Waals surface area contributed by atoms with Crippen LogP contribution in [-0.4, -0.2) is 119 Å². The van der Waals surface area contributed by atoms with Crippen molar-refractivity contribution in [2.75, 3.05) is 0 Å². The van der Waals surface area contributed by atoms with Crippen molar-refractivity contribution in [3.63, 3.8) is 0 Å². The van der Waals surface area contributed by atoms with Crippen molar-refractivity contribution < 1.29 is 149 Å². The SMILES string of the molecule is FC(F)(F)C(F)(F)C(F)(F)C(F)(F)C(F)(F)C(F)(F)C(F)(F)C(F)(F)[Se][Se]C(F)(F)C(F)(F)C(F)(F)C(F)(F)C(F)(F)C(F)(F)C(F)(F)C(F)(F)F. The summed E-state index contributed by atoms with van der Waals surface area (Å²) in [5.41, 5.74) is 0. The molecule has 0 unspecified atom stereocenters. The Hall–Kier alpha value is -1.34. The maximum atomic E-state index is 13.8. The zero-order chi connectivity index (χ0) is 43.4. The van der Waals surface area contributed by atoms with Gasteiger partial charge in [-0.25, -0.2) is 0 Å². The average Bonchev–Trinajstić information content (AvgIpc) is 2.89. The average molecular weight is 996 g/mol. The second kappa shape index (κ2) is 12.6. The van der Waals surface area contributed by atoms with Crippen LogP contribution in [-0.2, 0) is 0 Å². The van der Waals surface area contributed by atoms with Gasteiger partial charge < -0.3 is 0 Å². The van der Waals surface area contributed by atoms with E-state index in [1.807, 2.05) is 0 Å². The molecule has 0 radical (unpaired) electrons. The van der Waals surface area contributed by atoms with Crippen molar-refractivity contribution >= 4 is 26.3 Å². The van der Waals surface area contributed by atoms with E-state index in [2.05, 4.69) is 0 Å². The fraction of sp³-hybridized carbons (Fsp3) is 1.00. The van der Waals surface area contributed by atoms with E-state index in [0.29, 0.717) is 0 Å². The number of hydrogen-bond acceptors (Lipinski definition) is 0. The summed E-state index contributed by atoms with van der Waals surface area (Å²) in [5, 5.41) is 0. The monoisotopic (exact) mass is 998 g/mol. The van der Waals surface area contributed by atoms with Crippen LogP contribution in [0.3, 0.4) is 0 Å². The molecule has 0 saturated heterocycles. The van der Waals surface area contributed by atoms with Crippen LogP contribution >= 0.6 is 0 Å². The molecule has 0 rings (SSSR count). The molecular weight excluding hydrogens is 996 g/mol. The van der Waals surface area contributed by atoms with Gasteiger partial charge in [-0.3, -0.25) is 0 Å². The van der Waals surface area contributed by atoms with Crippen LogP contribution in [0.2, 0.25) is 0 Å². The van der Waals surface area contributed by atoms with Gasteiger partial charge in [-0.1, -0.05) is 0 Å². The van der Waals surface area contributed by atoms with Gasteiger partial charge in [0.25, 0.3) is 0 Å². The van der Waals surface area contributed by atoms with Gasteiger partial charge in [0, 0.05) is 0 Å². The predicted octanol–water partition coefficient (Wildman–Crippen LogP) is 10.2. The summed E-state index contributed by atoms with van der Waals surface area (Å²) in [6, 6.07) is 0. The Kier molecular flexibility index (Phi) is 12.3. The van der Waals surface area contributed by atoms with E-state index in [4.69, 9.17) is 0 Å². The fourth-order valence-electron chi connectivity index (χ4n) is 2.51. The topological polar surface area (TPSA) is 0 Å². The van der Waals surface area contributed by atoms with Crippen LogP contribution in [0.5, 0.6) is 0 Å². The Morgan fingerprint density at radius 3 is 0.404 bits per heavy atom. The summed E-state index contributed by atoms with van der Waals surface area (Å²) in [4.78, 5) is -16.2. The van der Waals surface area contributed by atoms with Gasteiger partial charge in [-0.05, 0) is 0 Å². The summed E-state index contributed by atoms with van der Waals surface area (Å²) in [7, 11) is 0. The first kappa shape index (κ1) is 50.7. The van der Waals surface area contributed by atoms with Crippen molar-refractivity contribution in [3.05, 3.63) is 0 Å². The van der Waals surface area contributed by atoms with Gasteiger partial charge in [0.1, 0.15) is 0 Å². The second-order valence-electron chi connectivity index (χ2n) is 9.09. The molecule has 0 aromatic carbocycles. The molecule has 0 fully saturated rings. The van der Waals surface area contributed by atoms with Crippen molar-refractivity contribution in [2.24, 2.45) is 0 Å². The number of rotatable bonds is 15. The normalized spacial score (nSPS) is 17.2. The Morgan fingerprint density at radius 2 is 0.269 bits per heavy atom. The van der Waals surface area contributed by atoms with Crippen molar-refractivity contribution in [1.29, 1.82) is 0 Å². The van der Waals surface area contributed by atoms with Crippen LogP contribution < -0.4 is 0 Å². The molecule has 0 N–H and O–H groups in total. The molecule has 0 aliphatic heterocycles. The summed E-state index contributed by atoms with van der Waals surface area (Å²) in [5.74, 6) is -110. The first-order chi connectivity index (χ1) is 21.7. The molecule has 0 aromatic heterocycles. The third-order valence-corrected chi connectivity index (χ3v) is 13.2. The molecule has 52 heavy (non-hydrogen) atoms. The van der Waals surface area contributed by atoms with Gasteiger partial charge in [-0.15, -0.1) is 0 Å². The molecule has 0 atom stereocenters. The molecule has 36 heteroatoms. The third kappa shape index (κ3) is 6.38. The van der Waals surface area contributed by atoms with Crippen LogP contribution in [0.1, 0.15) is 0 Å². The van der Waals surface area contributed by atoms with Crippen molar-refractivity contribution in [2.45, 2.75) is 93.1 Å². The number of alkyl halides is 34. The van der Waals surface area contributed by atoms with E-state index >= 15 is 0 Å². The number of halogens is 34. The minimum absolute atomic E-state index is 5.58.